The molecule has 0 fully saturated rings. The summed E-state index contributed by atoms with van der Waals surface area (Å²) in [7, 11) is 1.89. The molecule has 0 bridgehead atoms. The van der Waals surface area contributed by atoms with Gasteiger partial charge in [-0.15, -0.1) is 0 Å². The molecule has 1 N–H and O–H groups in total. The number of carbonyl (C=O) groups is 2. The first-order valence-electron chi connectivity index (χ1n) is 7.91. The molecule has 0 aliphatic heterocycles. The molecule has 3 aromatic rings. The first-order chi connectivity index (χ1) is 12.0. The highest BCUT2D eigenvalue weighted by molar-refractivity contribution is 6.00. The summed E-state index contributed by atoms with van der Waals surface area (Å²) >= 11 is 0. The zero-order chi connectivity index (χ0) is 18.0. The van der Waals surface area contributed by atoms with Crippen molar-refractivity contribution in [2.45, 2.75) is 13.8 Å². The van der Waals surface area contributed by atoms with Gasteiger partial charge >= 0.3 is 5.97 Å². The van der Waals surface area contributed by atoms with Gasteiger partial charge in [0.2, 0.25) is 5.78 Å². The van der Waals surface area contributed by atoms with Crippen LogP contribution in [-0.4, -0.2) is 33.1 Å². The maximum Gasteiger partial charge on any atom is 0.356 e. The number of nitrogens with zero attached hydrogens (tertiary/aromatic N) is 2. The van der Waals surface area contributed by atoms with Crippen molar-refractivity contribution in [1.29, 1.82) is 0 Å². The van der Waals surface area contributed by atoms with E-state index in [2.05, 4.69) is 10.2 Å². The lowest BCUT2D eigenvalue weighted by molar-refractivity contribution is 0.0468. The van der Waals surface area contributed by atoms with E-state index in [9.17, 15) is 9.59 Å². The van der Waals surface area contributed by atoms with Gasteiger partial charge in [-0.2, -0.15) is 5.10 Å². The number of hydrogen-bond donors (Lipinski definition) is 1. The van der Waals surface area contributed by atoms with Crippen molar-refractivity contribution >= 4 is 11.8 Å². The highest BCUT2D eigenvalue weighted by atomic mass is 16.5. The second-order valence-electron chi connectivity index (χ2n) is 5.88. The molecule has 0 radical (unpaired) electrons. The van der Waals surface area contributed by atoms with Crippen LogP contribution >= 0.6 is 0 Å². The monoisotopic (exact) mass is 337 g/mol. The quantitative estimate of drug-likeness (QED) is 0.573. The topological polar surface area (TPSA) is 77.0 Å². The molecule has 2 aromatic heterocycles. The summed E-state index contributed by atoms with van der Waals surface area (Å²) in [4.78, 5) is 24.4. The molecule has 0 atom stereocenters. The van der Waals surface area contributed by atoms with Gasteiger partial charge in [0, 0.05) is 29.6 Å². The van der Waals surface area contributed by atoms with Gasteiger partial charge in [-0.3, -0.25) is 9.89 Å². The molecular formula is C19H19N3O3. The predicted octanol–water partition coefficient (Wildman–Crippen LogP) is 3.07. The van der Waals surface area contributed by atoms with Gasteiger partial charge in [0.15, 0.2) is 6.61 Å². The molecule has 0 amide bonds. The van der Waals surface area contributed by atoms with E-state index in [0.29, 0.717) is 11.3 Å². The van der Waals surface area contributed by atoms with Crippen molar-refractivity contribution in [3.05, 3.63) is 65.1 Å². The van der Waals surface area contributed by atoms with Crippen molar-refractivity contribution in [2.75, 3.05) is 6.61 Å². The summed E-state index contributed by atoms with van der Waals surface area (Å²) in [6.45, 7) is 3.48. The molecule has 6 nitrogen and oxygen atoms in total. The van der Waals surface area contributed by atoms with Crippen LogP contribution < -0.4 is 0 Å². The fraction of sp³-hybridized carbons (Fsp3) is 0.211. The van der Waals surface area contributed by atoms with E-state index in [1.54, 1.807) is 12.1 Å². The summed E-state index contributed by atoms with van der Waals surface area (Å²) in [5.41, 5.74) is 4.16. The Balaban J connectivity index is 1.66. The van der Waals surface area contributed by atoms with Crippen LogP contribution in [0.1, 0.15) is 32.2 Å². The second-order valence-corrected chi connectivity index (χ2v) is 5.88. The predicted molar refractivity (Wildman–Crippen MR) is 93.5 cm³/mol. The lowest BCUT2D eigenvalue weighted by Gasteiger charge is -2.03. The number of H-pyrrole nitrogens is 1. The number of aryl methyl sites for hydroxylation is 1. The molecule has 2 heterocycles. The van der Waals surface area contributed by atoms with Gasteiger partial charge in [-0.05, 0) is 26.0 Å². The Morgan fingerprint density at radius 1 is 1.16 bits per heavy atom. The SMILES string of the molecule is Cc1cc(C(=O)COC(=O)c2cc(-c3ccccc3)n[nH]2)c(C)n1C. The Kier molecular flexibility index (Phi) is 4.52. The zero-order valence-electron chi connectivity index (χ0n) is 14.4. The summed E-state index contributed by atoms with van der Waals surface area (Å²) in [5, 5.41) is 6.76. The van der Waals surface area contributed by atoms with E-state index in [1.807, 2.05) is 55.8 Å². The van der Waals surface area contributed by atoms with E-state index in [4.69, 9.17) is 4.74 Å². The Morgan fingerprint density at radius 3 is 2.52 bits per heavy atom. The van der Waals surface area contributed by atoms with Crippen LogP contribution in [0.5, 0.6) is 0 Å². The average Bonchev–Trinajstić information content (AvgIpc) is 3.22. The van der Waals surface area contributed by atoms with Crippen LogP contribution in [-0.2, 0) is 11.8 Å². The summed E-state index contributed by atoms with van der Waals surface area (Å²) in [5.74, 6) is -0.828. The van der Waals surface area contributed by atoms with E-state index in [0.717, 1.165) is 17.0 Å². The molecule has 6 heteroatoms. The average molecular weight is 337 g/mol. The Labute approximate surface area is 145 Å². The molecule has 25 heavy (non-hydrogen) atoms. The number of hydrogen-bond acceptors (Lipinski definition) is 4. The molecule has 128 valence electrons. The Bertz CT molecular complexity index is 923. The van der Waals surface area contributed by atoms with Gasteiger partial charge in [-0.1, -0.05) is 30.3 Å². The number of esters is 1. The van der Waals surface area contributed by atoms with Gasteiger partial charge < -0.3 is 9.30 Å². The smallest absolute Gasteiger partial charge is 0.356 e. The lowest BCUT2D eigenvalue weighted by atomic mass is 10.1. The van der Waals surface area contributed by atoms with Crippen molar-refractivity contribution in [3.63, 3.8) is 0 Å². The number of nitrogens with one attached hydrogen (secondary N) is 1. The van der Waals surface area contributed by atoms with Gasteiger partial charge in [0.25, 0.3) is 0 Å². The largest absolute Gasteiger partial charge is 0.453 e. The summed E-state index contributed by atoms with van der Waals surface area (Å²) < 4.78 is 7.06. The van der Waals surface area contributed by atoms with E-state index < -0.39 is 5.97 Å². The third kappa shape index (κ3) is 3.38. The minimum absolute atomic E-state index is 0.215. The fourth-order valence-electron chi connectivity index (χ4n) is 2.61. The zero-order valence-corrected chi connectivity index (χ0v) is 14.4. The number of aromatic amines is 1. The number of ketones is 1. The standard InChI is InChI=1S/C19H19N3O3/c1-12-9-15(13(2)22(12)3)18(23)11-25-19(24)17-10-16(20-21-17)14-7-5-4-6-8-14/h4-10H,11H2,1-3H3,(H,20,21). The van der Waals surface area contributed by atoms with E-state index in [-0.39, 0.29) is 18.1 Å². The fourth-order valence-corrected chi connectivity index (χ4v) is 2.61. The highest BCUT2D eigenvalue weighted by Gasteiger charge is 2.18. The molecule has 0 saturated heterocycles. The second kappa shape index (κ2) is 6.76. The van der Waals surface area contributed by atoms with Crippen molar-refractivity contribution in [1.82, 2.24) is 14.8 Å². The van der Waals surface area contributed by atoms with Crippen LogP contribution in [0.25, 0.3) is 11.3 Å². The number of Topliss-reactive ketones (excluding diaryl/α,β-unsaturated/α-hetero) is 1. The van der Waals surface area contributed by atoms with E-state index >= 15 is 0 Å². The van der Waals surface area contributed by atoms with Crippen LogP contribution in [0, 0.1) is 13.8 Å². The normalized spacial score (nSPS) is 10.7. The number of benzene rings is 1. The van der Waals surface area contributed by atoms with Crippen molar-refractivity contribution in [2.24, 2.45) is 7.05 Å². The number of carbonyl (C=O) groups excluding carboxylic acids is 2. The maximum absolute atomic E-state index is 12.3. The molecule has 0 aliphatic carbocycles. The maximum atomic E-state index is 12.3. The number of rotatable bonds is 5. The van der Waals surface area contributed by atoms with Crippen LogP contribution in [0.15, 0.2) is 42.5 Å². The lowest BCUT2D eigenvalue weighted by Crippen LogP contribution is -2.15. The molecular weight excluding hydrogens is 318 g/mol. The highest BCUT2D eigenvalue weighted by Crippen LogP contribution is 2.18. The first kappa shape index (κ1) is 16.7. The molecule has 0 unspecified atom stereocenters. The van der Waals surface area contributed by atoms with Crippen LogP contribution in [0.4, 0.5) is 0 Å². The van der Waals surface area contributed by atoms with E-state index in [1.165, 1.54) is 0 Å². The molecule has 3 rings (SSSR count). The Morgan fingerprint density at radius 2 is 1.88 bits per heavy atom. The molecule has 0 aliphatic rings. The minimum Gasteiger partial charge on any atom is -0.453 e. The molecule has 0 saturated carbocycles. The molecule has 1 aromatic carbocycles. The van der Waals surface area contributed by atoms with Crippen LogP contribution in [0.2, 0.25) is 0 Å². The van der Waals surface area contributed by atoms with Gasteiger partial charge in [0.1, 0.15) is 5.69 Å². The van der Waals surface area contributed by atoms with Gasteiger partial charge in [-0.25, -0.2) is 4.79 Å². The summed E-state index contributed by atoms with van der Waals surface area (Å²) in [6.07, 6.45) is 0. The number of ether oxygens (including phenoxy) is 1. The third-order valence-corrected chi connectivity index (χ3v) is 4.28. The van der Waals surface area contributed by atoms with Crippen LogP contribution in [0.3, 0.4) is 0 Å². The van der Waals surface area contributed by atoms with Crippen molar-refractivity contribution in [3.8, 4) is 11.3 Å². The minimum atomic E-state index is -0.603. The first-order valence-corrected chi connectivity index (χ1v) is 7.91. The Hall–Kier alpha value is -3.15. The van der Waals surface area contributed by atoms with Gasteiger partial charge in [0.05, 0.1) is 5.69 Å². The third-order valence-electron chi connectivity index (χ3n) is 4.28. The number of aromatic nitrogens is 3. The summed E-state index contributed by atoms with van der Waals surface area (Å²) in [6, 6.07) is 12.9. The molecule has 0 spiro atoms. The van der Waals surface area contributed by atoms with Crippen molar-refractivity contribution < 1.29 is 14.3 Å².